The van der Waals surface area contributed by atoms with E-state index in [0.29, 0.717) is 17.1 Å². The number of rotatable bonds is 5. The van der Waals surface area contributed by atoms with Gasteiger partial charge in [0.1, 0.15) is 5.82 Å². The van der Waals surface area contributed by atoms with Crippen LogP contribution in [0, 0.1) is 13.8 Å². The number of nitrogens with one attached hydrogen (secondary N) is 3. The lowest BCUT2D eigenvalue weighted by Gasteiger charge is -2.10. The van der Waals surface area contributed by atoms with Crippen molar-refractivity contribution in [1.82, 2.24) is 10.2 Å². The summed E-state index contributed by atoms with van der Waals surface area (Å²) in [7, 11) is -3.69. The predicted octanol–water partition coefficient (Wildman–Crippen LogP) is 3.08. The first-order chi connectivity index (χ1) is 12.3. The standard InChI is InChI=1S/C18H18N4O3S/c1-12-3-8-16(11-13(12)2)26(24,25)22-15-6-4-14(5-7-15)18(23)20-17-9-10-19-21-17/h3-11,22H,1-2H3,(H2,19,20,21,23). The molecule has 1 amide bonds. The summed E-state index contributed by atoms with van der Waals surface area (Å²) in [5.41, 5.74) is 2.70. The van der Waals surface area contributed by atoms with E-state index in [2.05, 4.69) is 20.2 Å². The molecule has 0 saturated heterocycles. The van der Waals surface area contributed by atoms with Gasteiger partial charge in [-0.05, 0) is 61.4 Å². The fraction of sp³-hybridized carbons (Fsp3) is 0.111. The molecule has 1 heterocycles. The number of benzene rings is 2. The molecule has 0 unspecified atom stereocenters. The first-order valence-electron chi connectivity index (χ1n) is 7.86. The molecule has 0 spiro atoms. The highest BCUT2D eigenvalue weighted by Gasteiger charge is 2.15. The average molecular weight is 370 g/mol. The van der Waals surface area contributed by atoms with Crippen molar-refractivity contribution in [1.29, 1.82) is 0 Å². The van der Waals surface area contributed by atoms with Crippen molar-refractivity contribution in [2.24, 2.45) is 0 Å². The van der Waals surface area contributed by atoms with Gasteiger partial charge >= 0.3 is 0 Å². The molecule has 0 aliphatic rings. The normalized spacial score (nSPS) is 11.2. The first kappa shape index (κ1) is 17.7. The third-order valence-corrected chi connectivity index (χ3v) is 5.32. The molecule has 0 aliphatic carbocycles. The van der Waals surface area contributed by atoms with Crippen LogP contribution in [0.25, 0.3) is 0 Å². The van der Waals surface area contributed by atoms with Crippen molar-refractivity contribution in [2.45, 2.75) is 18.7 Å². The molecule has 0 atom stereocenters. The summed E-state index contributed by atoms with van der Waals surface area (Å²) in [4.78, 5) is 12.3. The highest BCUT2D eigenvalue weighted by atomic mass is 32.2. The lowest BCUT2D eigenvalue weighted by atomic mass is 10.1. The van der Waals surface area contributed by atoms with Gasteiger partial charge < -0.3 is 5.32 Å². The Hall–Kier alpha value is -3.13. The minimum atomic E-state index is -3.69. The van der Waals surface area contributed by atoms with Crippen LogP contribution >= 0.6 is 0 Å². The number of sulfonamides is 1. The second-order valence-corrected chi connectivity index (χ2v) is 7.54. The van der Waals surface area contributed by atoms with Crippen LogP contribution in [0.2, 0.25) is 0 Å². The largest absolute Gasteiger partial charge is 0.307 e. The summed E-state index contributed by atoms with van der Waals surface area (Å²) in [6.07, 6.45) is 1.53. The lowest BCUT2D eigenvalue weighted by molar-refractivity contribution is 0.102. The minimum absolute atomic E-state index is 0.196. The van der Waals surface area contributed by atoms with Crippen LogP contribution in [0.3, 0.4) is 0 Å². The van der Waals surface area contributed by atoms with E-state index < -0.39 is 10.0 Å². The summed E-state index contributed by atoms with van der Waals surface area (Å²) in [5.74, 6) is 0.160. The zero-order valence-electron chi connectivity index (χ0n) is 14.3. The Kier molecular flexibility index (Phi) is 4.77. The molecular weight excluding hydrogens is 352 g/mol. The van der Waals surface area contributed by atoms with Gasteiger partial charge in [0.15, 0.2) is 0 Å². The van der Waals surface area contributed by atoms with Gasteiger partial charge in [0.25, 0.3) is 15.9 Å². The number of aromatic amines is 1. The van der Waals surface area contributed by atoms with Gasteiger partial charge in [-0.2, -0.15) is 5.10 Å². The Morgan fingerprint density at radius 3 is 2.35 bits per heavy atom. The van der Waals surface area contributed by atoms with Gasteiger partial charge in [-0.15, -0.1) is 0 Å². The molecule has 3 rings (SSSR count). The summed E-state index contributed by atoms with van der Waals surface area (Å²) in [6, 6.07) is 12.8. The number of carbonyl (C=O) groups excluding carboxylic acids is 1. The number of nitrogens with zero attached hydrogens (tertiary/aromatic N) is 1. The Morgan fingerprint density at radius 2 is 1.73 bits per heavy atom. The fourth-order valence-electron chi connectivity index (χ4n) is 2.30. The molecule has 0 aliphatic heterocycles. The zero-order valence-corrected chi connectivity index (χ0v) is 15.1. The summed E-state index contributed by atoms with van der Waals surface area (Å²) in [6.45, 7) is 3.79. The smallest absolute Gasteiger partial charge is 0.261 e. The van der Waals surface area contributed by atoms with Gasteiger partial charge in [-0.25, -0.2) is 8.42 Å². The molecule has 0 saturated carbocycles. The number of anilines is 2. The third kappa shape index (κ3) is 3.92. The maximum absolute atomic E-state index is 12.5. The van der Waals surface area contributed by atoms with E-state index in [1.807, 2.05) is 13.8 Å². The molecule has 26 heavy (non-hydrogen) atoms. The Bertz CT molecular complexity index is 1030. The third-order valence-electron chi connectivity index (χ3n) is 3.94. The van der Waals surface area contributed by atoms with Crippen LogP contribution < -0.4 is 10.0 Å². The molecule has 2 aromatic carbocycles. The number of carbonyl (C=O) groups is 1. The lowest BCUT2D eigenvalue weighted by Crippen LogP contribution is -2.14. The quantitative estimate of drug-likeness (QED) is 0.642. The highest BCUT2D eigenvalue weighted by Crippen LogP contribution is 2.19. The number of hydrogen-bond acceptors (Lipinski definition) is 4. The Labute approximate surface area is 151 Å². The van der Waals surface area contributed by atoms with Crippen LogP contribution in [0.15, 0.2) is 59.6 Å². The van der Waals surface area contributed by atoms with Crippen LogP contribution in [0.1, 0.15) is 21.5 Å². The number of H-pyrrole nitrogens is 1. The van der Waals surface area contributed by atoms with Crippen LogP contribution in [0.5, 0.6) is 0 Å². The van der Waals surface area contributed by atoms with Crippen molar-refractivity contribution in [3.8, 4) is 0 Å². The summed E-state index contributed by atoms with van der Waals surface area (Å²) < 4.78 is 27.5. The van der Waals surface area contributed by atoms with Crippen molar-refractivity contribution in [3.05, 3.63) is 71.4 Å². The summed E-state index contributed by atoms with van der Waals surface area (Å²) >= 11 is 0. The molecule has 0 fully saturated rings. The van der Waals surface area contributed by atoms with E-state index in [-0.39, 0.29) is 10.8 Å². The summed E-state index contributed by atoms with van der Waals surface area (Å²) in [5, 5.41) is 9.03. The van der Waals surface area contributed by atoms with Gasteiger partial charge in [0, 0.05) is 17.3 Å². The number of hydrogen-bond donors (Lipinski definition) is 3. The molecule has 0 bridgehead atoms. The van der Waals surface area contributed by atoms with E-state index >= 15 is 0 Å². The average Bonchev–Trinajstić information content (AvgIpc) is 3.10. The van der Waals surface area contributed by atoms with Gasteiger partial charge in [-0.1, -0.05) is 6.07 Å². The van der Waals surface area contributed by atoms with E-state index in [1.54, 1.807) is 48.5 Å². The number of amides is 1. The van der Waals surface area contributed by atoms with Crippen LogP contribution in [0.4, 0.5) is 11.5 Å². The Balaban J connectivity index is 1.74. The maximum atomic E-state index is 12.5. The Morgan fingerprint density at radius 1 is 1.00 bits per heavy atom. The van der Waals surface area contributed by atoms with E-state index in [0.717, 1.165) is 11.1 Å². The molecule has 0 radical (unpaired) electrons. The first-order valence-corrected chi connectivity index (χ1v) is 9.34. The van der Waals surface area contributed by atoms with Crippen molar-refractivity contribution in [3.63, 3.8) is 0 Å². The minimum Gasteiger partial charge on any atom is -0.307 e. The maximum Gasteiger partial charge on any atom is 0.261 e. The van der Waals surface area contributed by atoms with Crippen molar-refractivity contribution < 1.29 is 13.2 Å². The van der Waals surface area contributed by atoms with Crippen molar-refractivity contribution >= 4 is 27.4 Å². The van der Waals surface area contributed by atoms with Gasteiger partial charge in [-0.3, -0.25) is 14.6 Å². The second-order valence-electron chi connectivity index (χ2n) is 5.85. The second kappa shape index (κ2) is 7.01. The molecule has 7 nitrogen and oxygen atoms in total. The molecule has 1 aromatic heterocycles. The van der Waals surface area contributed by atoms with Crippen molar-refractivity contribution in [2.75, 3.05) is 10.0 Å². The highest BCUT2D eigenvalue weighted by molar-refractivity contribution is 7.92. The van der Waals surface area contributed by atoms with Gasteiger partial charge in [0.2, 0.25) is 0 Å². The van der Waals surface area contributed by atoms with E-state index in [4.69, 9.17) is 0 Å². The zero-order chi connectivity index (χ0) is 18.7. The van der Waals surface area contributed by atoms with E-state index in [9.17, 15) is 13.2 Å². The monoisotopic (exact) mass is 370 g/mol. The topological polar surface area (TPSA) is 104 Å². The van der Waals surface area contributed by atoms with E-state index in [1.165, 1.54) is 6.20 Å². The van der Waals surface area contributed by atoms with Gasteiger partial charge in [0.05, 0.1) is 11.1 Å². The number of aryl methyl sites for hydroxylation is 2. The van der Waals surface area contributed by atoms with Crippen LogP contribution in [-0.2, 0) is 10.0 Å². The predicted molar refractivity (Wildman–Crippen MR) is 99.7 cm³/mol. The fourth-order valence-corrected chi connectivity index (χ4v) is 3.45. The molecule has 3 N–H and O–H groups in total. The molecular formula is C18H18N4O3S. The number of aromatic nitrogens is 2. The molecule has 134 valence electrons. The molecule has 3 aromatic rings. The molecule has 8 heteroatoms. The van der Waals surface area contributed by atoms with Crippen LogP contribution in [-0.4, -0.2) is 24.5 Å². The SMILES string of the molecule is Cc1ccc(S(=O)(=O)Nc2ccc(C(=O)Nc3ccn[nH]3)cc2)cc1C.